The molecule has 7 nitrogen and oxygen atoms in total. The number of fused-ring (bicyclic) bond motifs is 1. The highest BCUT2D eigenvalue weighted by Crippen LogP contribution is 2.37. The number of hydroxylamine groups is 1. The van der Waals surface area contributed by atoms with Crippen molar-refractivity contribution in [2.75, 3.05) is 13.2 Å². The van der Waals surface area contributed by atoms with Crippen LogP contribution in [0.25, 0.3) is 22.8 Å². The van der Waals surface area contributed by atoms with Gasteiger partial charge in [-0.2, -0.15) is 15.7 Å². The van der Waals surface area contributed by atoms with E-state index < -0.39 is 0 Å². The molecule has 1 unspecified atom stereocenters. The molecule has 0 radical (unpaired) electrons. The van der Waals surface area contributed by atoms with Crippen molar-refractivity contribution in [1.29, 1.82) is 5.26 Å². The van der Waals surface area contributed by atoms with E-state index in [2.05, 4.69) is 41.6 Å². The Bertz CT molecular complexity index is 1100. The number of aromatic nitrogens is 2. The Hall–Kier alpha value is -3.21. The van der Waals surface area contributed by atoms with Gasteiger partial charge in [0.05, 0.1) is 24.8 Å². The first-order valence-corrected chi connectivity index (χ1v) is 10.6. The minimum absolute atomic E-state index is 0.165. The van der Waals surface area contributed by atoms with Gasteiger partial charge < -0.3 is 14.1 Å². The van der Waals surface area contributed by atoms with Crippen molar-refractivity contribution in [3.8, 4) is 34.7 Å². The van der Waals surface area contributed by atoms with Crippen LogP contribution in [0.4, 0.5) is 0 Å². The van der Waals surface area contributed by atoms with Crippen molar-refractivity contribution in [2.24, 2.45) is 5.92 Å². The van der Waals surface area contributed by atoms with Crippen LogP contribution in [-0.2, 0) is 11.3 Å². The van der Waals surface area contributed by atoms with Crippen molar-refractivity contribution in [3.63, 3.8) is 0 Å². The van der Waals surface area contributed by atoms with E-state index in [1.165, 1.54) is 11.1 Å². The second-order valence-electron chi connectivity index (χ2n) is 7.97. The van der Waals surface area contributed by atoms with Crippen LogP contribution >= 0.6 is 0 Å². The smallest absolute Gasteiger partial charge is 0.258 e. The number of rotatable bonds is 8. The van der Waals surface area contributed by atoms with Crippen molar-refractivity contribution in [1.82, 2.24) is 15.6 Å². The number of hydrogen-bond donors (Lipinski definition) is 1. The highest BCUT2D eigenvalue weighted by Gasteiger charge is 2.26. The highest BCUT2D eigenvalue weighted by molar-refractivity contribution is 5.67. The van der Waals surface area contributed by atoms with Gasteiger partial charge in [-0.15, -0.1) is 0 Å². The van der Waals surface area contributed by atoms with Gasteiger partial charge in [0.25, 0.3) is 5.89 Å². The molecule has 0 fully saturated rings. The summed E-state index contributed by atoms with van der Waals surface area (Å²) in [6.45, 7) is 7.26. The van der Waals surface area contributed by atoms with E-state index >= 15 is 0 Å². The molecule has 0 bridgehead atoms. The fraction of sp³-hybridized carbons (Fsp3) is 0.375. The van der Waals surface area contributed by atoms with E-state index in [-0.39, 0.29) is 6.04 Å². The van der Waals surface area contributed by atoms with Gasteiger partial charge in [0.15, 0.2) is 0 Å². The van der Waals surface area contributed by atoms with Gasteiger partial charge in [-0.3, -0.25) is 0 Å². The fourth-order valence-electron chi connectivity index (χ4n) is 3.75. The Morgan fingerprint density at radius 1 is 1.29 bits per heavy atom. The summed E-state index contributed by atoms with van der Waals surface area (Å²) in [6, 6.07) is 13.8. The monoisotopic (exact) mass is 418 g/mol. The number of ether oxygens (including phenoxy) is 1. The fourth-order valence-corrected chi connectivity index (χ4v) is 3.75. The zero-order valence-corrected chi connectivity index (χ0v) is 18.0. The summed E-state index contributed by atoms with van der Waals surface area (Å²) in [5, 5.41) is 13.7. The predicted octanol–water partition coefficient (Wildman–Crippen LogP) is 4.84. The molecule has 1 heterocycles. The molecule has 1 N–H and O–H groups in total. The van der Waals surface area contributed by atoms with Gasteiger partial charge in [0.1, 0.15) is 11.8 Å². The minimum atomic E-state index is 0.165. The molecule has 7 heteroatoms. The maximum atomic E-state index is 9.52. The summed E-state index contributed by atoms with van der Waals surface area (Å²) in [5.74, 6) is 1.86. The van der Waals surface area contributed by atoms with E-state index in [9.17, 15) is 5.26 Å². The number of benzene rings is 2. The Morgan fingerprint density at radius 3 is 2.94 bits per heavy atom. The minimum Gasteiger partial charge on any atom is -0.492 e. The number of nitriles is 1. The molecule has 3 aromatic rings. The molecule has 0 aliphatic heterocycles. The third kappa shape index (κ3) is 4.46. The highest BCUT2D eigenvalue weighted by atomic mass is 16.6. The largest absolute Gasteiger partial charge is 0.492 e. The molecule has 2 aromatic carbocycles. The second kappa shape index (κ2) is 9.29. The summed E-state index contributed by atoms with van der Waals surface area (Å²) < 4.78 is 11.3. The van der Waals surface area contributed by atoms with E-state index in [0.29, 0.717) is 47.7 Å². The lowest BCUT2D eigenvalue weighted by atomic mass is 10.0. The molecule has 4 rings (SSSR count). The molecule has 1 atom stereocenters. The zero-order chi connectivity index (χ0) is 21.8. The average Bonchev–Trinajstić information content (AvgIpc) is 3.43. The summed E-state index contributed by atoms with van der Waals surface area (Å²) >= 11 is 0. The molecule has 160 valence electrons. The summed E-state index contributed by atoms with van der Waals surface area (Å²) in [6.07, 6.45) is 1.88. The molecule has 31 heavy (non-hydrogen) atoms. The molecular weight excluding hydrogens is 392 g/mol. The van der Waals surface area contributed by atoms with Crippen molar-refractivity contribution >= 4 is 0 Å². The van der Waals surface area contributed by atoms with Gasteiger partial charge in [-0.05, 0) is 55.0 Å². The summed E-state index contributed by atoms with van der Waals surface area (Å²) in [5.41, 5.74) is 7.64. The van der Waals surface area contributed by atoms with Crippen LogP contribution in [0.5, 0.6) is 5.75 Å². The van der Waals surface area contributed by atoms with Crippen LogP contribution in [0, 0.1) is 17.2 Å². The standard InChI is InChI=1S/C24H26N4O3/c1-4-30-27-21-10-9-18-19(21)6-5-7-20(18)23-26-24(31-28-23)16-8-11-22(17(12-16)13-25)29-14-15(2)3/h5-8,11-12,15,21,27H,4,9-10,14H2,1-3H3. The Labute approximate surface area is 181 Å². The van der Waals surface area contributed by atoms with E-state index in [1.54, 1.807) is 12.1 Å². The Kier molecular flexibility index (Phi) is 6.31. The van der Waals surface area contributed by atoms with Gasteiger partial charge in [-0.25, -0.2) is 0 Å². The molecule has 0 saturated carbocycles. The number of nitrogens with zero attached hydrogens (tertiary/aromatic N) is 3. The van der Waals surface area contributed by atoms with Crippen LogP contribution in [0.2, 0.25) is 0 Å². The molecule has 1 aliphatic carbocycles. The molecular formula is C24H26N4O3. The lowest BCUT2D eigenvalue weighted by Crippen LogP contribution is -2.19. The van der Waals surface area contributed by atoms with Crippen LogP contribution in [-0.4, -0.2) is 23.4 Å². The first-order valence-electron chi connectivity index (χ1n) is 10.6. The molecule has 0 saturated heterocycles. The molecule has 0 spiro atoms. The zero-order valence-electron chi connectivity index (χ0n) is 18.0. The number of nitrogens with one attached hydrogen (secondary N) is 1. The second-order valence-corrected chi connectivity index (χ2v) is 7.97. The molecule has 1 aliphatic rings. The normalized spacial score (nSPS) is 15.1. The maximum absolute atomic E-state index is 9.52. The quantitative estimate of drug-likeness (QED) is 0.523. The summed E-state index contributed by atoms with van der Waals surface area (Å²) in [4.78, 5) is 10.0. The van der Waals surface area contributed by atoms with Crippen LogP contribution in [0.3, 0.4) is 0 Å². The Balaban J connectivity index is 1.60. The molecule has 1 aromatic heterocycles. The van der Waals surface area contributed by atoms with Crippen molar-refractivity contribution < 1.29 is 14.1 Å². The maximum Gasteiger partial charge on any atom is 0.258 e. The van der Waals surface area contributed by atoms with Gasteiger partial charge in [0.2, 0.25) is 5.82 Å². The first kappa shape index (κ1) is 21.0. The van der Waals surface area contributed by atoms with Crippen LogP contribution < -0.4 is 10.2 Å². The Morgan fingerprint density at radius 2 is 2.16 bits per heavy atom. The average molecular weight is 418 g/mol. The lowest BCUT2D eigenvalue weighted by Gasteiger charge is -2.13. The summed E-state index contributed by atoms with van der Waals surface area (Å²) in [7, 11) is 0. The van der Waals surface area contributed by atoms with Crippen molar-refractivity contribution in [3.05, 3.63) is 53.1 Å². The number of hydrogen-bond acceptors (Lipinski definition) is 7. The van der Waals surface area contributed by atoms with E-state index in [0.717, 1.165) is 18.4 Å². The lowest BCUT2D eigenvalue weighted by molar-refractivity contribution is 0.0244. The van der Waals surface area contributed by atoms with E-state index in [4.69, 9.17) is 14.1 Å². The molecule has 0 amide bonds. The van der Waals surface area contributed by atoms with Gasteiger partial charge in [0, 0.05) is 11.1 Å². The topological polar surface area (TPSA) is 93.2 Å². The first-order chi connectivity index (χ1) is 15.1. The predicted molar refractivity (Wildman–Crippen MR) is 116 cm³/mol. The van der Waals surface area contributed by atoms with E-state index in [1.807, 2.05) is 25.1 Å². The van der Waals surface area contributed by atoms with Crippen LogP contribution in [0.1, 0.15) is 49.9 Å². The van der Waals surface area contributed by atoms with Crippen molar-refractivity contribution in [2.45, 2.75) is 39.7 Å². The van der Waals surface area contributed by atoms with Crippen LogP contribution in [0.15, 0.2) is 40.9 Å². The van der Waals surface area contributed by atoms with Gasteiger partial charge in [-0.1, -0.05) is 37.2 Å². The third-order valence-electron chi connectivity index (χ3n) is 5.23. The van der Waals surface area contributed by atoms with Gasteiger partial charge >= 0.3 is 0 Å². The SMILES string of the molecule is CCONC1CCc2c(-c3noc(-c4ccc(OCC(C)C)c(C#N)c4)n3)cccc21. The third-order valence-corrected chi connectivity index (χ3v) is 5.23.